The molecule has 0 aliphatic carbocycles. The number of likely N-dealkylation sites (tertiary alicyclic amines) is 1. The zero-order valence-electron chi connectivity index (χ0n) is 18.4. The van der Waals surface area contributed by atoms with Gasteiger partial charge in [-0.15, -0.1) is 0 Å². The van der Waals surface area contributed by atoms with Gasteiger partial charge in [-0.1, -0.05) is 42.5 Å². The molecule has 1 fully saturated rings. The van der Waals surface area contributed by atoms with Gasteiger partial charge in [0.05, 0.1) is 13.0 Å². The van der Waals surface area contributed by atoms with Gasteiger partial charge >= 0.3 is 0 Å². The third kappa shape index (κ3) is 4.82. The molecule has 1 saturated heterocycles. The van der Waals surface area contributed by atoms with Gasteiger partial charge in [0, 0.05) is 39.0 Å². The van der Waals surface area contributed by atoms with E-state index in [9.17, 15) is 9.59 Å². The number of hydrogen-bond donors (Lipinski definition) is 1. The van der Waals surface area contributed by atoms with Crippen LogP contribution in [0.1, 0.15) is 29.4 Å². The molecule has 1 N–H and O–H groups in total. The van der Waals surface area contributed by atoms with Gasteiger partial charge in [-0.25, -0.2) is 4.98 Å². The van der Waals surface area contributed by atoms with Gasteiger partial charge in [0.2, 0.25) is 11.8 Å². The summed E-state index contributed by atoms with van der Waals surface area (Å²) in [6.45, 7) is 1.05. The van der Waals surface area contributed by atoms with Crippen LogP contribution in [0.15, 0.2) is 67.0 Å². The topological polar surface area (TPSA) is 76.5 Å². The molecule has 0 spiro atoms. The number of hydrogen-bond acceptors (Lipinski definition) is 4. The summed E-state index contributed by atoms with van der Waals surface area (Å²) in [4.78, 5) is 32.0. The van der Waals surface area contributed by atoms with Gasteiger partial charge in [0.25, 0.3) is 0 Å². The molecule has 2 unspecified atom stereocenters. The summed E-state index contributed by atoms with van der Waals surface area (Å²) in [6.07, 6.45) is 4.56. The first-order chi connectivity index (χ1) is 15.5. The molecule has 4 rings (SSSR count). The zero-order valence-corrected chi connectivity index (χ0v) is 18.4. The van der Waals surface area contributed by atoms with Crippen LogP contribution in [0, 0.1) is 5.92 Å². The van der Waals surface area contributed by atoms with Crippen molar-refractivity contribution in [3.05, 3.63) is 83.9 Å². The number of ether oxygens (including phenoxy) is 1. The van der Waals surface area contributed by atoms with Gasteiger partial charge in [-0.2, -0.15) is 0 Å². The lowest BCUT2D eigenvalue weighted by atomic mass is 10.0. The Morgan fingerprint density at radius 3 is 2.75 bits per heavy atom. The molecular weight excluding hydrogens is 404 g/mol. The summed E-state index contributed by atoms with van der Waals surface area (Å²) >= 11 is 0. The lowest BCUT2D eigenvalue weighted by Crippen LogP contribution is -2.37. The number of carbonyl (C=O) groups is 2. The Morgan fingerprint density at radius 1 is 1.22 bits per heavy atom. The molecule has 32 heavy (non-hydrogen) atoms. The molecule has 166 valence electrons. The Hall–Kier alpha value is -3.61. The van der Waals surface area contributed by atoms with Crippen LogP contribution in [0.3, 0.4) is 0 Å². The summed E-state index contributed by atoms with van der Waals surface area (Å²) < 4.78 is 7.24. The van der Waals surface area contributed by atoms with Crippen molar-refractivity contribution in [3.8, 4) is 5.75 Å². The number of carbonyl (C=O) groups excluding carboxylic acids is 2. The maximum Gasteiger partial charge on any atom is 0.226 e. The van der Waals surface area contributed by atoms with Gasteiger partial charge < -0.3 is 19.5 Å². The first-order valence-electron chi connectivity index (χ1n) is 10.8. The molecule has 3 aromatic rings. The van der Waals surface area contributed by atoms with E-state index in [1.807, 2.05) is 60.3 Å². The summed E-state index contributed by atoms with van der Waals surface area (Å²) in [6, 6.07) is 17.2. The SMILES string of the molecule is COc1cccc(C(NC(=O)C2CC(=O)N(CCc3ccccc3)C2)c2nccn2C)c1. The molecule has 1 aliphatic rings. The van der Waals surface area contributed by atoms with Crippen molar-refractivity contribution in [2.75, 3.05) is 20.2 Å². The van der Waals surface area contributed by atoms with Crippen LogP contribution in [-0.2, 0) is 23.1 Å². The molecule has 1 aromatic heterocycles. The van der Waals surface area contributed by atoms with Crippen LogP contribution < -0.4 is 10.1 Å². The van der Waals surface area contributed by atoms with Crippen LogP contribution in [0.2, 0.25) is 0 Å². The second kappa shape index (κ2) is 9.68. The molecule has 0 bridgehead atoms. The van der Waals surface area contributed by atoms with Crippen LogP contribution in [0.25, 0.3) is 0 Å². The largest absolute Gasteiger partial charge is 0.497 e. The summed E-state index contributed by atoms with van der Waals surface area (Å²) in [5.74, 6) is 0.926. The molecule has 2 heterocycles. The maximum atomic E-state index is 13.2. The fourth-order valence-corrected chi connectivity index (χ4v) is 4.11. The number of aryl methyl sites for hydroxylation is 1. The second-order valence-electron chi connectivity index (χ2n) is 8.09. The Balaban J connectivity index is 1.46. The normalized spacial score (nSPS) is 16.8. The third-order valence-corrected chi connectivity index (χ3v) is 5.93. The van der Waals surface area contributed by atoms with Crippen LogP contribution in [0.5, 0.6) is 5.75 Å². The highest BCUT2D eigenvalue weighted by atomic mass is 16.5. The highest BCUT2D eigenvalue weighted by Gasteiger charge is 2.35. The molecule has 7 nitrogen and oxygen atoms in total. The molecule has 7 heteroatoms. The number of amides is 2. The standard InChI is InChI=1S/C25H28N4O3/c1-28-14-12-26-24(28)23(19-9-6-10-21(15-19)32-2)27-25(31)20-16-22(30)29(17-20)13-11-18-7-4-3-5-8-18/h3-10,12,14-15,20,23H,11,13,16-17H2,1-2H3,(H,27,31). The molecule has 2 atom stereocenters. The van der Waals surface area contributed by atoms with Crippen molar-refractivity contribution in [2.24, 2.45) is 13.0 Å². The van der Waals surface area contributed by atoms with Crippen LogP contribution in [0.4, 0.5) is 0 Å². The summed E-state index contributed by atoms with van der Waals surface area (Å²) in [5, 5.41) is 3.13. The van der Waals surface area contributed by atoms with E-state index < -0.39 is 6.04 Å². The zero-order chi connectivity index (χ0) is 22.5. The molecule has 1 aliphatic heterocycles. The van der Waals surface area contributed by atoms with E-state index in [4.69, 9.17) is 4.74 Å². The predicted molar refractivity (Wildman–Crippen MR) is 121 cm³/mol. The molecule has 2 amide bonds. The van der Waals surface area contributed by atoms with E-state index in [0.29, 0.717) is 18.8 Å². The summed E-state index contributed by atoms with van der Waals surface area (Å²) in [5.41, 5.74) is 2.05. The number of aromatic nitrogens is 2. The van der Waals surface area contributed by atoms with Crippen molar-refractivity contribution in [1.82, 2.24) is 19.8 Å². The Labute approximate surface area is 188 Å². The Kier molecular flexibility index (Phi) is 6.54. The van der Waals surface area contributed by atoms with Crippen molar-refractivity contribution in [1.29, 1.82) is 0 Å². The number of methoxy groups -OCH3 is 1. The average molecular weight is 433 g/mol. The predicted octanol–water partition coefficient (Wildman–Crippen LogP) is 2.73. The van der Waals surface area contributed by atoms with E-state index in [1.165, 1.54) is 5.56 Å². The quantitative estimate of drug-likeness (QED) is 0.594. The van der Waals surface area contributed by atoms with E-state index in [1.54, 1.807) is 18.2 Å². The monoisotopic (exact) mass is 432 g/mol. The maximum absolute atomic E-state index is 13.2. The number of nitrogens with one attached hydrogen (secondary N) is 1. The fourth-order valence-electron chi connectivity index (χ4n) is 4.11. The molecule has 0 radical (unpaired) electrons. The number of benzene rings is 2. The second-order valence-corrected chi connectivity index (χ2v) is 8.09. The van der Waals surface area contributed by atoms with Crippen molar-refractivity contribution in [2.45, 2.75) is 18.9 Å². The lowest BCUT2D eigenvalue weighted by molar-refractivity contribution is -0.129. The van der Waals surface area contributed by atoms with E-state index in [-0.39, 0.29) is 24.2 Å². The smallest absolute Gasteiger partial charge is 0.226 e. The number of imidazole rings is 1. The molecule has 0 saturated carbocycles. The highest BCUT2D eigenvalue weighted by molar-refractivity contribution is 5.89. The van der Waals surface area contributed by atoms with Crippen molar-refractivity contribution in [3.63, 3.8) is 0 Å². The summed E-state index contributed by atoms with van der Waals surface area (Å²) in [7, 11) is 3.51. The minimum atomic E-state index is -0.439. The molecular formula is C25H28N4O3. The van der Waals surface area contributed by atoms with Gasteiger partial charge in [0.1, 0.15) is 17.6 Å². The number of rotatable bonds is 8. The first-order valence-corrected chi connectivity index (χ1v) is 10.8. The van der Waals surface area contributed by atoms with Crippen molar-refractivity contribution >= 4 is 11.8 Å². The van der Waals surface area contributed by atoms with Gasteiger partial charge in [-0.05, 0) is 29.7 Å². The highest BCUT2D eigenvalue weighted by Crippen LogP contribution is 2.26. The van der Waals surface area contributed by atoms with Gasteiger partial charge in [0.15, 0.2) is 0 Å². The van der Waals surface area contributed by atoms with Crippen LogP contribution >= 0.6 is 0 Å². The van der Waals surface area contributed by atoms with Crippen LogP contribution in [-0.4, -0.2) is 46.5 Å². The van der Waals surface area contributed by atoms with Gasteiger partial charge in [-0.3, -0.25) is 9.59 Å². The third-order valence-electron chi connectivity index (χ3n) is 5.93. The fraction of sp³-hybridized carbons (Fsp3) is 0.320. The molecule has 2 aromatic carbocycles. The van der Waals surface area contributed by atoms with E-state index in [0.717, 1.165) is 17.8 Å². The minimum absolute atomic E-state index is 0.0241. The lowest BCUT2D eigenvalue weighted by Gasteiger charge is -2.22. The average Bonchev–Trinajstić information content (AvgIpc) is 3.41. The minimum Gasteiger partial charge on any atom is -0.497 e. The van der Waals surface area contributed by atoms with Crippen molar-refractivity contribution < 1.29 is 14.3 Å². The first kappa shape index (κ1) is 21.6. The Bertz CT molecular complexity index is 1080. The number of nitrogens with zero attached hydrogens (tertiary/aromatic N) is 3. The Morgan fingerprint density at radius 2 is 2.03 bits per heavy atom. The van der Waals surface area contributed by atoms with E-state index >= 15 is 0 Å². The van der Waals surface area contributed by atoms with E-state index in [2.05, 4.69) is 22.4 Å².